The molecule has 3 aliphatic rings. The average Bonchev–Trinajstić information content (AvgIpc) is 3.03. The maximum absolute atomic E-state index is 13.0. The molecule has 0 saturated heterocycles. The molecule has 3 aliphatic carbocycles. The van der Waals surface area contributed by atoms with Gasteiger partial charge in [0.1, 0.15) is 5.75 Å². The number of nitrogens with zero attached hydrogens (tertiary/aromatic N) is 1. The number of aryl methyl sites for hydroxylation is 1. The molecule has 0 spiro atoms. The average molecular weight is 407 g/mol. The van der Waals surface area contributed by atoms with Gasteiger partial charge in [0, 0.05) is 18.9 Å². The Balaban J connectivity index is 1.34. The Morgan fingerprint density at radius 3 is 2.97 bits per heavy atom. The van der Waals surface area contributed by atoms with E-state index in [1.54, 1.807) is 18.5 Å². The van der Waals surface area contributed by atoms with Crippen molar-refractivity contribution in [1.82, 2.24) is 10.3 Å². The second kappa shape index (κ2) is 7.38. The minimum atomic E-state index is -0.599. The number of carbonyl (C=O) groups excluding carboxylic acids is 1. The highest BCUT2D eigenvalue weighted by atomic mass is 16.3. The number of hydrogen-bond donors (Lipinski definition) is 3. The van der Waals surface area contributed by atoms with Gasteiger partial charge in [0.15, 0.2) is 0 Å². The molecule has 6 atom stereocenters. The van der Waals surface area contributed by atoms with E-state index in [4.69, 9.17) is 0 Å². The van der Waals surface area contributed by atoms with Crippen molar-refractivity contribution in [3.05, 3.63) is 59.4 Å². The molecule has 2 fully saturated rings. The van der Waals surface area contributed by atoms with Crippen molar-refractivity contribution in [2.24, 2.45) is 23.2 Å². The lowest BCUT2D eigenvalue weighted by Crippen LogP contribution is -2.45. The van der Waals surface area contributed by atoms with Crippen LogP contribution in [0.15, 0.2) is 42.7 Å². The van der Waals surface area contributed by atoms with Gasteiger partial charge in [-0.1, -0.05) is 19.1 Å². The predicted octanol–water partition coefficient (Wildman–Crippen LogP) is 3.55. The van der Waals surface area contributed by atoms with Gasteiger partial charge in [-0.25, -0.2) is 0 Å². The summed E-state index contributed by atoms with van der Waals surface area (Å²) in [5, 5.41) is 24.1. The van der Waals surface area contributed by atoms with Crippen LogP contribution in [0.5, 0.6) is 5.75 Å². The van der Waals surface area contributed by atoms with E-state index in [9.17, 15) is 15.0 Å². The fraction of sp³-hybridized carbons (Fsp3) is 0.520. The molecule has 2 aromatic rings. The number of carbonyl (C=O) groups is 1. The van der Waals surface area contributed by atoms with Gasteiger partial charge in [-0.05, 0) is 90.2 Å². The van der Waals surface area contributed by atoms with Gasteiger partial charge in [-0.3, -0.25) is 9.78 Å². The van der Waals surface area contributed by atoms with Gasteiger partial charge in [-0.2, -0.15) is 0 Å². The Bertz CT molecular complexity index is 947. The van der Waals surface area contributed by atoms with Crippen molar-refractivity contribution in [2.45, 2.75) is 57.6 Å². The van der Waals surface area contributed by atoms with Crippen LogP contribution in [0.3, 0.4) is 0 Å². The minimum Gasteiger partial charge on any atom is -0.508 e. The zero-order valence-electron chi connectivity index (χ0n) is 17.4. The number of aromatic hydroxyl groups is 1. The van der Waals surface area contributed by atoms with Crippen molar-refractivity contribution in [3.8, 4) is 5.75 Å². The number of hydrogen-bond acceptors (Lipinski definition) is 4. The third-order valence-electron chi connectivity index (χ3n) is 8.24. The van der Waals surface area contributed by atoms with Crippen LogP contribution in [0.2, 0.25) is 0 Å². The zero-order chi connectivity index (χ0) is 20.9. The molecule has 0 radical (unpaired) electrons. The number of amides is 1. The summed E-state index contributed by atoms with van der Waals surface area (Å²) in [6.07, 6.45) is 7.64. The monoisotopic (exact) mass is 406 g/mol. The molecular weight excluding hydrogens is 376 g/mol. The number of phenols is 1. The highest BCUT2D eigenvalue weighted by molar-refractivity contribution is 5.80. The highest BCUT2D eigenvalue weighted by Gasteiger charge is 2.59. The molecule has 5 rings (SSSR count). The van der Waals surface area contributed by atoms with E-state index in [0.717, 1.165) is 37.7 Å². The van der Waals surface area contributed by atoms with Crippen molar-refractivity contribution in [3.63, 3.8) is 0 Å². The molecule has 0 aliphatic heterocycles. The molecule has 5 heteroatoms. The summed E-state index contributed by atoms with van der Waals surface area (Å²) in [6.45, 7) is 2.64. The van der Waals surface area contributed by atoms with Crippen LogP contribution in [0.4, 0.5) is 0 Å². The van der Waals surface area contributed by atoms with Crippen LogP contribution >= 0.6 is 0 Å². The normalized spacial score (nSPS) is 34.5. The van der Waals surface area contributed by atoms with Gasteiger partial charge in [-0.15, -0.1) is 0 Å². The number of aromatic nitrogens is 1. The summed E-state index contributed by atoms with van der Waals surface area (Å²) in [5.41, 5.74) is 3.40. The summed E-state index contributed by atoms with van der Waals surface area (Å²) >= 11 is 0. The SMILES string of the molecule is C[C@]12CCC3c4ccc(O)cc4CCC3C1CC(C(=O)NCc1cccnc1)[C@@H]2O. The van der Waals surface area contributed by atoms with Gasteiger partial charge in [0.25, 0.3) is 0 Å². The van der Waals surface area contributed by atoms with Crippen LogP contribution in [0.1, 0.15) is 55.2 Å². The van der Waals surface area contributed by atoms with Crippen LogP contribution in [-0.4, -0.2) is 27.2 Å². The molecule has 5 nitrogen and oxygen atoms in total. The lowest BCUT2D eigenvalue weighted by molar-refractivity contribution is -0.129. The number of rotatable bonds is 3. The first-order chi connectivity index (χ1) is 14.5. The maximum Gasteiger partial charge on any atom is 0.226 e. The molecular formula is C25H30N2O3. The Morgan fingerprint density at radius 1 is 1.30 bits per heavy atom. The lowest BCUT2D eigenvalue weighted by atomic mass is 9.55. The van der Waals surface area contributed by atoms with Crippen molar-refractivity contribution in [2.75, 3.05) is 0 Å². The number of aliphatic hydroxyl groups is 1. The second-order valence-corrected chi connectivity index (χ2v) is 9.71. The number of phenolic OH excluding ortho intramolecular Hbond substituents is 1. The predicted molar refractivity (Wildman–Crippen MR) is 114 cm³/mol. The third-order valence-corrected chi connectivity index (χ3v) is 8.24. The third kappa shape index (κ3) is 3.11. The van der Waals surface area contributed by atoms with Gasteiger partial charge in [0.05, 0.1) is 12.0 Å². The van der Waals surface area contributed by atoms with E-state index < -0.39 is 6.10 Å². The number of pyridine rings is 1. The van der Waals surface area contributed by atoms with Gasteiger partial charge < -0.3 is 15.5 Å². The number of fused-ring (bicyclic) bond motifs is 5. The maximum atomic E-state index is 13.0. The summed E-state index contributed by atoms with van der Waals surface area (Å²) < 4.78 is 0. The van der Waals surface area contributed by atoms with Gasteiger partial charge >= 0.3 is 0 Å². The highest BCUT2D eigenvalue weighted by Crippen LogP contribution is 2.62. The van der Waals surface area contributed by atoms with E-state index in [0.29, 0.717) is 30.0 Å². The summed E-state index contributed by atoms with van der Waals surface area (Å²) in [7, 11) is 0. The largest absolute Gasteiger partial charge is 0.508 e. The Kier molecular flexibility index (Phi) is 4.81. The quantitative estimate of drug-likeness (QED) is 0.728. The molecule has 158 valence electrons. The molecule has 1 aromatic carbocycles. The molecule has 30 heavy (non-hydrogen) atoms. The molecule has 1 heterocycles. The molecule has 0 bridgehead atoms. The number of nitrogens with one attached hydrogen (secondary N) is 1. The van der Waals surface area contributed by atoms with Crippen LogP contribution < -0.4 is 5.32 Å². The summed E-state index contributed by atoms with van der Waals surface area (Å²) in [6, 6.07) is 9.61. The first kappa shape index (κ1) is 19.6. The Hall–Kier alpha value is -2.40. The van der Waals surface area contributed by atoms with Crippen LogP contribution in [0.25, 0.3) is 0 Å². The standard InChI is InChI=1S/C25H30N2O3/c1-25-9-8-19-18-7-5-17(28)11-16(18)4-6-20(19)22(25)12-21(23(25)29)24(30)27-14-15-3-2-10-26-13-15/h2-3,5,7,10-11,13,19-23,28-29H,4,6,8-9,12,14H2,1H3,(H,27,30)/t19?,20?,21?,22?,23-,25-/m0/s1. The molecule has 2 saturated carbocycles. The van der Waals surface area contributed by atoms with Gasteiger partial charge in [0.2, 0.25) is 5.91 Å². The van der Waals surface area contributed by atoms with E-state index >= 15 is 0 Å². The van der Waals surface area contributed by atoms with Crippen molar-refractivity contribution < 1.29 is 15.0 Å². The molecule has 1 amide bonds. The van der Waals surface area contributed by atoms with Crippen LogP contribution in [0, 0.1) is 23.2 Å². The summed E-state index contributed by atoms with van der Waals surface area (Å²) in [5.74, 6) is 1.26. The molecule has 1 aromatic heterocycles. The van der Waals surface area contributed by atoms with E-state index in [1.807, 2.05) is 18.2 Å². The number of aliphatic hydroxyl groups excluding tert-OH is 1. The van der Waals surface area contributed by atoms with E-state index in [2.05, 4.69) is 23.3 Å². The smallest absolute Gasteiger partial charge is 0.226 e. The topological polar surface area (TPSA) is 82.5 Å². The first-order valence-corrected chi connectivity index (χ1v) is 11.1. The Morgan fingerprint density at radius 2 is 2.17 bits per heavy atom. The fourth-order valence-electron chi connectivity index (χ4n) is 6.66. The fourth-order valence-corrected chi connectivity index (χ4v) is 6.66. The van der Waals surface area contributed by atoms with Crippen LogP contribution in [-0.2, 0) is 17.8 Å². The zero-order valence-corrected chi connectivity index (χ0v) is 17.4. The Labute approximate surface area is 177 Å². The second-order valence-electron chi connectivity index (χ2n) is 9.71. The van der Waals surface area contributed by atoms with E-state index in [1.165, 1.54) is 11.1 Å². The lowest BCUT2D eigenvalue weighted by Gasteiger charge is -2.50. The minimum absolute atomic E-state index is 0.0420. The van der Waals surface area contributed by atoms with Crippen molar-refractivity contribution >= 4 is 5.91 Å². The first-order valence-electron chi connectivity index (χ1n) is 11.1. The number of benzene rings is 1. The summed E-state index contributed by atoms with van der Waals surface area (Å²) in [4.78, 5) is 17.1. The molecule has 4 unspecified atom stereocenters. The van der Waals surface area contributed by atoms with Crippen molar-refractivity contribution in [1.29, 1.82) is 0 Å². The van der Waals surface area contributed by atoms with E-state index in [-0.39, 0.29) is 17.2 Å². The molecule has 3 N–H and O–H groups in total.